The fourth-order valence-electron chi connectivity index (χ4n) is 1.51. The highest BCUT2D eigenvalue weighted by molar-refractivity contribution is 5.35. The van der Waals surface area contributed by atoms with Gasteiger partial charge in [0.1, 0.15) is 18.5 Å². The van der Waals surface area contributed by atoms with Gasteiger partial charge in [-0.1, -0.05) is 12.1 Å². The summed E-state index contributed by atoms with van der Waals surface area (Å²) in [4.78, 5) is 0. The first-order chi connectivity index (χ1) is 9.45. The van der Waals surface area contributed by atoms with Crippen LogP contribution in [-0.2, 0) is 10.9 Å². The van der Waals surface area contributed by atoms with E-state index in [1.54, 1.807) is 7.11 Å². The molecule has 1 rings (SSSR count). The second-order valence-corrected chi connectivity index (χ2v) is 4.16. The Hall–Kier alpha value is -1.31. The first-order valence-electron chi connectivity index (χ1n) is 6.12. The van der Waals surface area contributed by atoms with Crippen molar-refractivity contribution < 1.29 is 27.8 Å². The highest BCUT2D eigenvalue weighted by atomic mass is 19.4. The van der Waals surface area contributed by atoms with Crippen LogP contribution < -0.4 is 10.1 Å². The molecule has 20 heavy (non-hydrogen) atoms. The smallest absolute Gasteiger partial charge is 0.419 e. The van der Waals surface area contributed by atoms with Crippen molar-refractivity contribution in [3.05, 3.63) is 29.8 Å². The minimum absolute atomic E-state index is 0.215. The van der Waals surface area contributed by atoms with Crippen LogP contribution in [0.15, 0.2) is 24.3 Å². The normalized spacial score (nSPS) is 13.2. The molecule has 0 fully saturated rings. The molecule has 0 saturated carbocycles. The lowest BCUT2D eigenvalue weighted by Gasteiger charge is -2.16. The van der Waals surface area contributed by atoms with Gasteiger partial charge in [0, 0.05) is 20.2 Å². The molecule has 0 aliphatic heterocycles. The average molecular weight is 293 g/mol. The Bertz CT molecular complexity index is 399. The Labute approximate surface area is 115 Å². The minimum atomic E-state index is -4.47. The monoisotopic (exact) mass is 293 g/mol. The van der Waals surface area contributed by atoms with Gasteiger partial charge in [-0.15, -0.1) is 0 Å². The van der Waals surface area contributed by atoms with E-state index >= 15 is 0 Å². The number of aliphatic hydroxyl groups is 1. The maximum atomic E-state index is 12.7. The number of benzene rings is 1. The number of methoxy groups -OCH3 is 1. The fourth-order valence-corrected chi connectivity index (χ4v) is 1.51. The van der Waals surface area contributed by atoms with E-state index in [1.807, 2.05) is 0 Å². The molecule has 0 saturated heterocycles. The van der Waals surface area contributed by atoms with Gasteiger partial charge in [-0.05, 0) is 12.1 Å². The summed E-state index contributed by atoms with van der Waals surface area (Å²) in [5, 5.41) is 12.5. The topological polar surface area (TPSA) is 50.7 Å². The predicted octanol–water partition coefficient (Wildman–Crippen LogP) is 1.68. The zero-order valence-corrected chi connectivity index (χ0v) is 11.1. The van der Waals surface area contributed by atoms with E-state index in [4.69, 9.17) is 9.47 Å². The molecule has 0 radical (unpaired) electrons. The molecule has 0 heterocycles. The van der Waals surface area contributed by atoms with Crippen molar-refractivity contribution in [1.29, 1.82) is 0 Å². The maximum absolute atomic E-state index is 12.7. The molecule has 1 unspecified atom stereocenters. The third-order valence-corrected chi connectivity index (χ3v) is 2.49. The summed E-state index contributed by atoms with van der Waals surface area (Å²) in [6, 6.07) is 4.92. The van der Waals surface area contributed by atoms with E-state index in [1.165, 1.54) is 18.2 Å². The number of ether oxygens (including phenoxy) is 2. The van der Waals surface area contributed by atoms with Crippen LogP contribution in [0.2, 0.25) is 0 Å². The molecule has 1 atom stereocenters. The number of para-hydroxylation sites is 1. The third-order valence-electron chi connectivity index (χ3n) is 2.49. The van der Waals surface area contributed by atoms with Crippen LogP contribution in [0, 0.1) is 0 Å². The molecule has 114 valence electrons. The van der Waals surface area contributed by atoms with Crippen molar-refractivity contribution >= 4 is 0 Å². The molecule has 0 spiro atoms. The van der Waals surface area contributed by atoms with E-state index in [2.05, 4.69) is 5.32 Å². The largest absolute Gasteiger partial charge is 0.490 e. The second kappa shape index (κ2) is 8.08. The number of rotatable bonds is 8. The van der Waals surface area contributed by atoms with Gasteiger partial charge in [-0.25, -0.2) is 0 Å². The number of halogens is 3. The SMILES string of the molecule is COCCNCC(O)COc1ccccc1C(F)(F)F. The van der Waals surface area contributed by atoms with Crippen molar-refractivity contribution in [3.63, 3.8) is 0 Å². The molecule has 1 aromatic rings. The van der Waals surface area contributed by atoms with Crippen LogP contribution in [-0.4, -0.2) is 44.6 Å². The van der Waals surface area contributed by atoms with Gasteiger partial charge in [-0.2, -0.15) is 13.2 Å². The Morgan fingerprint density at radius 2 is 2.00 bits per heavy atom. The molecule has 7 heteroatoms. The van der Waals surface area contributed by atoms with Crippen LogP contribution in [0.25, 0.3) is 0 Å². The quantitative estimate of drug-likeness (QED) is 0.716. The van der Waals surface area contributed by atoms with E-state index < -0.39 is 17.8 Å². The van der Waals surface area contributed by atoms with Crippen LogP contribution in [0.3, 0.4) is 0 Å². The summed E-state index contributed by atoms with van der Waals surface area (Å²) in [6.07, 6.45) is -5.37. The molecule has 0 aliphatic carbocycles. The Balaban J connectivity index is 2.45. The molecule has 0 aromatic heterocycles. The standard InChI is InChI=1S/C13H18F3NO3/c1-19-7-6-17-8-10(18)9-20-12-5-3-2-4-11(12)13(14,15)16/h2-5,10,17-18H,6-9H2,1H3. The number of aliphatic hydroxyl groups excluding tert-OH is 1. The Morgan fingerprint density at radius 3 is 2.65 bits per heavy atom. The Morgan fingerprint density at radius 1 is 1.30 bits per heavy atom. The summed E-state index contributed by atoms with van der Waals surface area (Å²) >= 11 is 0. The van der Waals surface area contributed by atoms with E-state index in [0.29, 0.717) is 13.2 Å². The average Bonchev–Trinajstić information content (AvgIpc) is 2.40. The third kappa shape index (κ3) is 5.77. The van der Waals surface area contributed by atoms with Crippen molar-refractivity contribution in [3.8, 4) is 5.75 Å². The van der Waals surface area contributed by atoms with E-state index in [-0.39, 0.29) is 18.9 Å². The molecule has 2 N–H and O–H groups in total. The lowest BCUT2D eigenvalue weighted by molar-refractivity contribution is -0.139. The lowest BCUT2D eigenvalue weighted by Crippen LogP contribution is -2.33. The molecular formula is C13H18F3NO3. The summed E-state index contributed by atoms with van der Waals surface area (Å²) in [6.45, 7) is 1.04. The van der Waals surface area contributed by atoms with Crippen LogP contribution in [0.1, 0.15) is 5.56 Å². The van der Waals surface area contributed by atoms with Crippen molar-refractivity contribution in [1.82, 2.24) is 5.32 Å². The van der Waals surface area contributed by atoms with Crippen molar-refractivity contribution in [2.45, 2.75) is 12.3 Å². The van der Waals surface area contributed by atoms with Gasteiger partial charge >= 0.3 is 6.18 Å². The molecular weight excluding hydrogens is 275 g/mol. The molecule has 1 aromatic carbocycles. The van der Waals surface area contributed by atoms with Gasteiger partial charge in [0.15, 0.2) is 0 Å². The number of nitrogens with one attached hydrogen (secondary N) is 1. The first kappa shape index (κ1) is 16.7. The summed E-state index contributed by atoms with van der Waals surface area (Å²) < 4.78 is 47.9. The van der Waals surface area contributed by atoms with Crippen LogP contribution in [0.5, 0.6) is 5.75 Å². The lowest BCUT2D eigenvalue weighted by atomic mass is 10.2. The zero-order valence-electron chi connectivity index (χ0n) is 11.1. The number of alkyl halides is 3. The summed E-state index contributed by atoms with van der Waals surface area (Å²) in [5.74, 6) is -0.282. The number of hydrogen-bond donors (Lipinski definition) is 2. The zero-order chi connectivity index (χ0) is 15.0. The molecule has 4 nitrogen and oxygen atoms in total. The first-order valence-corrected chi connectivity index (χ1v) is 6.12. The van der Waals surface area contributed by atoms with Crippen molar-refractivity contribution in [2.24, 2.45) is 0 Å². The summed E-state index contributed by atoms with van der Waals surface area (Å²) in [5.41, 5.74) is -0.848. The molecule has 0 amide bonds. The van der Waals surface area contributed by atoms with Crippen molar-refractivity contribution in [2.75, 3.05) is 33.4 Å². The van der Waals surface area contributed by atoms with Gasteiger partial charge < -0.3 is 19.9 Å². The fraction of sp³-hybridized carbons (Fsp3) is 0.538. The minimum Gasteiger partial charge on any atom is -0.490 e. The number of hydrogen-bond acceptors (Lipinski definition) is 4. The highest BCUT2D eigenvalue weighted by Crippen LogP contribution is 2.35. The van der Waals surface area contributed by atoms with Crippen LogP contribution in [0.4, 0.5) is 13.2 Å². The molecule has 0 aliphatic rings. The van der Waals surface area contributed by atoms with Gasteiger partial charge in [-0.3, -0.25) is 0 Å². The van der Waals surface area contributed by atoms with Gasteiger partial charge in [0.2, 0.25) is 0 Å². The Kier molecular flexibility index (Phi) is 6.77. The highest BCUT2D eigenvalue weighted by Gasteiger charge is 2.34. The maximum Gasteiger partial charge on any atom is 0.419 e. The van der Waals surface area contributed by atoms with E-state index in [9.17, 15) is 18.3 Å². The molecule has 0 bridgehead atoms. The van der Waals surface area contributed by atoms with Gasteiger partial charge in [0.05, 0.1) is 12.2 Å². The summed E-state index contributed by atoms with van der Waals surface area (Å²) in [7, 11) is 1.55. The van der Waals surface area contributed by atoms with Crippen LogP contribution >= 0.6 is 0 Å². The predicted molar refractivity (Wildman–Crippen MR) is 67.7 cm³/mol. The van der Waals surface area contributed by atoms with E-state index in [0.717, 1.165) is 6.07 Å². The second-order valence-electron chi connectivity index (χ2n) is 4.16. The van der Waals surface area contributed by atoms with Gasteiger partial charge in [0.25, 0.3) is 0 Å².